The first-order valence-electron chi connectivity index (χ1n) is 7.34. The van der Waals surface area contributed by atoms with Crippen molar-refractivity contribution in [3.63, 3.8) is 0 Å². The third-order valence-electron chi connectivity index (χ3n) is 3.52. The van der Waals surface area contributed by atoms with Gasteiger partial charge in [0, 0.05) is 43.3 Å². The highest BCUT2D eigenvalue weighted by atomic mass is 32.1. The molecule has 1 aliphatic rings. The van der Waals surface area contributed by atoms with Crippen LogP contribution < -0.4 is 5.32 Å². The number of thiazole rings is 1. The summed E-state index contributed by atoms with van der Waals surface area (Å²) in [7, 11) is 4.17. The second-order valence-corrected chi connectivity index (χ2v) is 6.91. The Kier molecular flexibility index (Phi) is 5.77. The van der Waals surface area contributed by atoms with Crippen LogP contribution in [0, 0.1) is 0 Å². The van der Waals surface area contributed by atoms with Gasteiger partial charge in [-0.1, -0.05) is 6.92 Å². The Bertz CT molecular complexity index is 410. The molecular weight excluding hydrogens is 272 g/mol. The molecule has 0 amide bonds. The largest absolute Gasteiger partial charge is 0.392 e. The third-order valence-corrected chi connectivity index (χ3v) is 4.46. The smallest absolute Gasteiger partial charge is 0.182 e. The zero-order valence-corrected chi connectivity index (χ0v) is 13.5. The quantitative estimate of drug-likeness (QED) is 0.798. The van der Waals surface area contributed by atoms with Crippen LogP contribution in [0.1, 0.15) is 24.6 Å². The molecule has 2 heterocycles. The second kappa shape index (κ2) is 7.36. The van der Waals surface area contributed by atoms with Crippen LogP contribution in [0.2, 0.25) is 0 Å². The number of nitrogens with zero attached hydrogens (tertiary/aromatic N) is 3. The standard InChI is InChI=1S/C14H26N4OS/c1-4-5-15-14-16-7-13(20-14)10-18-9-12(19)6-11(18)8-17(2)3/h7,11-12,19H,4-6,8-10H2,1-3H3,(H,15,16). The SMILES string of the molecule is CCCNc1ncc(CN2CC(O)CC2CN(C)C)s1. The van der Waals surface area contributed by atoms with E-state index in [-0.39, 0.29) is 6.10 Å². The van der Waals surface area contributed by atoms with E-state index in [1.165, 1.54) is 4.88 Å². The summed E-state index contributed by atoms with van der Waals surface area (Å²) in [6.07, 6.45) is 3.75. The molecule has 0 aliphatic carbocycles. The maximum Gasteiger partial charge on any atom is 0.182 e. The summed E-state index contributed by atoms with van der Waals surface area (Å²) in [5.41, 5.74) is 0. The first-order chi connectivity index (χ1) is 9.58. The highest BCUT2D eigenvalue weighted by Crippen LogP contribution is 2.25. The van der Waals surface area contributed by atoms with Gasteiger partial charge in [0.25, 0.3) is 0 Å². The van der Waals surface area contributed by atoms with Crippen molar-refractivity contribution in [1.82, 2.24) is 14.8 Å². The van der Waals surface area contributed by atoms with Gasteiger partial charge in [0.2, 0.25) is 0 Å². The summed E-state index contributed by atoms with van der Waals surface area (Å²) in [5.74, 6) is 0. The molecule has 2 atom stereocenters. The van der Waals surface area contributed by atoms with E-state index in [1.807, 2.05) is 6.20 Å². The number of hydrogen-bond donors (Lipinski definition) is 2. The summed E-state index contributed by atoms with van der Waals surface area (Å²) in [4.78, 5) is 10.2. The fourth-order valence-electron chi connectivity index (χ4n) is 2.66. The monoisotopic (exact) mass is 298 g/mol. The van der Waals surface area contributed by atoms with E-state index in [0.717, 1.165) is 44.2 Å². The molecule has 0 spiro atoms. The summed E-state index contributed by atoms with van der Waals surface area (Å²) in [6.45, 7) is 5.78. The van der Waals surface area contributed by atoms with E-state index >= 15 is 0 Å². The number of aliphatic hydroxyl groups excluding tert-OH is 1. The molecule has 0 radical (unpaired) electrons. The van der Waals surface area contributed by atoms with Crippen molar-refractivity contribution in [3.05, 3.63) is 11.1 Å². The molecular formula is C14H26N4OS. The average molecular weight is 298 g/mol. The molecule has 1 aromatic rings. The van der Waals surface area contributed by atoms with Crippen LogP contribution >= 0.6 is 11.3 Å². The maximum absolute atomic E-state index is 9.90. The lowest BCUT2D eigenvalue weighted by Gasteiger charge is -2.25. The van der Waals surface area contributed by atoms with E-state index in [1.54, 1.807) is 11.3 Å². The van der Waals surface area contributed by atoms with E-state index < -0.39 is 0 Å². The second-order valence-electron chi connectivity index (χ2n) is 5.79. The van der Waals surface area contributed by atoms with Crippen molar-refractivity contribution in [3.8, 4) is 0 Å². The van der Waals surface area contributed by atoms with Crippen LogP contribution in [-0.4, -0.2) is 65.8 Å². The van der Waals surface area contributed by atoms with E-state index in [4.69, 9.17) is 0 Å². The van der Waals surface area contributed by atoms with Crippen LogP contribution in [0.4, 0.5) is 5.13 Å². The van der Waals surface area contributed by atoms with Gasteiger partial charge in [-0.25, -0.2) is 4.98 Å². The van der Waals surface area contributed by atoms with Gasteiger partial charge in [-0.3, -0.25) is 4.90 Å². The van der Waals surface area contributed by atoms with E-state index in [2.05, 4.69) is 41.1 Å². The number of rotatable bonds is 7. The topological polar surface area (TPSA) is 51.6 Å². The van der Waals surface area contributed by atoms with Gasteiger partial charge in [-0.15, -0.1) is 11.3 Å². The number of aliphatic hydroxyl groups is 1. The van der Waals surface area contributed by atoms with Crippen molar-refractivity contribution in [1.29, 1.82) is 0 Å². The van der Waals surface area contributed by atoms with Crippen LogP contribution in [0.15, 0.2) is 6.20 Å². The van der Waals surface area contributed by atoms with Crippen molar-refractivity contribution in [2.24, 2.45) is 0 Å². The lowest BCUT2D eigenvalue weighted by Crippen LogP contribution is -2.36. The molecule has 1 fully saturated rings. The Morgan fingerprint density at radius 3 is 3.05 bits per heavy atom. The molecule has 2 unspecified atom stereocenters. The highest BCUT2D eigenvalue weighted by Gasteiger charge is 2.31. The third kappa shape index (κ3) is 4.41. The minimum atomic E-state index is -0.189. The number of likely N-dealkylation sites (tertiary alicyclic amines) is 1. The molecule has 2 N–H and O–H groups in total. The molecule has 1 aromatic heterocycles. The van der Waals surface area contributed by atoms with Crippen LogP contribution in [0.5, 0.6) is 0 Å². The van der Waals surface area contributed by atoms with Crippen molar-refractivity contribution in [2.45, 2.75) is 38.5 Å². The Morgan fingerprint density at radius 2 is 2.35 bits per heavy atom. The molecule has 114 valence electrons. The van der Waals surface area contributed by atoms with Gasteiger partial charge < -0.3 is 15.3 Å². The molecule has 5 nitrogen and oxygen atoms in total. The predicted molar refractivity (Wildman–Crippen MR) is 84.3 cm³/mol. The lowest BCUT2D eigenvalue weighted by molar-refractivity contribution is 0.170. The summed E-state index contributed by atoms with van der Waals surface area (Å²) >= 11 is 1.72. The molecule has 0 bridgehead atoms. The lowest BCUT2D eigenvalue weighted by atomic mass is 10.2. The Morgan fingerprint density at radius 1 is 1.55 bits per heavy atom. The first-order valence-corrected chi connectivity index (χ1v) is 8.15. The molecule has 1 saturated heterocycles. The number of nitrogens with one attached hydrogen (secondary N) is 1. The minimum Gasteiger partial charge on any atom is -0.392 e. The van der Waals surface area contributed by atoms with Gasteiger partial charge in [0.15, 0.2) is 5.13 Å². The Balaban J connectivity index is 1.91. The van der Waals surface area contributed by atoms with Crippen LogP contribution in [0.25, 0.3) is 0 Å². The van der Waals surface area contributed by atoms with E-state index in [9.17, 15) is 5.11 Å². The van der Waals surface area contributed by atoms with Crippen molar-refractivity contribution < 1.29 is 5.11 Å². The maximum atomic E-state index is 9.90. The van der Waals surface area contributed by atoms with Crippen molar-refractivity contribution in [2.75, 3.05) is 39.0 Å². The number of aromatic nitrogens is 1. The number of hydrogen-bond acceptors (Lipinski definition) is 6. The molecule has 2 rings (SSSR count). The Labute approximate surface area is 125 Å². The molecule has 20 heavy (non-hydrogen) atoms. The number of anilines is 1. The first kappa shape index (κ1) is 15.7. The van der Waals surface area contributed by atoms with Gasteiger partial charge in [-0.05, 0) is 26.9 Å². The van der Waals surface area contributed by atoms with Gasteiger partial charge >= 0.3 is 0 Å². The molecule has 1 aliphatic heterocycles. The zero-order chi connectivity index (χ0) is 14.5. The molecule has 0 aromatic carbocycles. The van der Waals surface area contributed by atoms with Crippen molar-refractivity contribution >= 4 is 16.5 Å². The zero-order valence-electron chi connectivity index (χ0n) is 12.7. The fraction of sp³-hybridized carbons (Fsp3) is 0.786. The number of β-amino-alcohol motifs (C(OH)–C–C–N with tert-alkyl or cyclic N) is 1. The van der Waals surface area contributed by atoms with Crippen LogP contribution in [0.3, 0.4) is 0 Å². The highest BCUT2D eigenvalue weighted by molar-refractivity contribution is 7.15. The Hall–Kier alpha value is -0.690. The van der Waals surface area contributed by atoms with Gasteiger partial charge in [0.05, 0.1) is 6.10 Å². The number of likely N-dealkylation sites (N-methyl/N-ethyl adjacent to an activating group) is 1. The van der Waals surface area contributed by atoms with Crippen LogP contribution in [-0.2, 0) is 6.54 Å². The fourth-order valence-corrected chi connectivity index (χ4v) is 3.52. The van der Waals surface area contributed by atoms with E-state index in [0.29, 0.717) is 6.04 Å². The summed E-state index contributed by atoms with van der Waals surface area (Å²) < 4.78 is 0. The summed E-state index contributed by atoms with van der Waals surface area (Å²) in [5, 5.41) is 14.2. The molecule has 6 heteroatoms. The van der Waals surface area contributed by atoms with Gasteiger partial charge in [-0.2, -0.15) is 0 Å². The molecule has 0 saturated carbocycles. The normalized spacial score (nSPS) is 23.6. The average Bonchev–Trinajstić information content (AvgIpc) is 2.94. The van der Waals surface area contributed by atoms with Gasteiger partial charge in [0.1, 0.15) is 0 Å². The summed E-state index contributed by atoms with van der Waals surface area (Å²) in [6, 6.07) is 0.439. The predicted octanol–water partition coefficient (Wildman–Crippen LogP) is 1.46. The minimum absolute atomic E-state index is 0.189.